The van der Waals surface area contributed by atoms with Crippen molar-refractivity contribution in [3.05, 3.63) is 23.5 Å². The van der Waals surface area contributed by atoms with Gasteiger partial charge in [-0.3, -0.25) is 4.79 Å². The van der Waals surface area contributed by atoms with Gasteiger partial charge in [-0.2, -0.15) is 0 Å². The van der Waals surface area contributed by atoms with Crippen molar-refractivity contribution < 1.29 is 14.7 Å². The highest BCUT2D eigenvalue weighted by atomic mass is 16.4. The highest BCUT2D eigenvalue weighted by Crippen LogP contribution is 2.28. The van der Waals surface area contributed by atoms with Crippen LogP contribution in [0.2, 0.25) is 0 Å². The van der Waals surface area contributed by atoms with Gasteiger partial charge in [0.15, 0.2) is 5.78 Å². The zero-order valence-corrected chi connectivity index (χ0v) is 9.27. The summed E-state index contributed by atoms with van der Waals surface area (Å²) in [6, 6.07) is 3.11. The van der Waals surface area contributed by atoms with Crippen molar-refractivity contribution >= 4 is 11.8 Å². The molecule has 4 nitrogen and oxygen atoms in total. The van der Waals surface area contributed by atoms with Crippen LogP contribution < -0.4 is 0 Å². The molecule has 1 aromatic heterocycles. The minimum atomic E-state index is -0.993. The number of carboxylic acid groups (broad SMARTS) is 1. The number of aromatic nitrogens is 1. The summed E-state index contributed by atoms with van der Waals surface area (Å²) in [4.78, 5) is 22.9. The van der Waals surface area contributed by atoms with Crippen LogP contribution in [0.15, 0.2) is 12.1 Å². The first kappa shape index (κ1) is 10.9. The largest absolute Gasteiger partial charge is 0.477 e. The zero-order valence-electron chi connectivity index (χ0n) is 9.27. The fourth-order valence-electron chi connectivity index (χ4n) is 2.37. The second kappa shape index (κ2) is 4.12. The highest BCUT2D eigenvalue weighted by Gasteiger charge is 2.26. The first-order chi connectivity index (χ1) is 7.61. The molecule has 0 saturated heterocycles. The lowest BCUT2D eigenvalue weighted by Gasteiger charge is -2.09. The Morgan fingerprint density at radius 1 is 1.25 bits per heavy atom. The predicted octanol–water partition coefficient (Wildman–Crippen LogP) is 2.10. The third kappa shape index (κ3) is 1.75. The van der Waals surface area contributed by atoms with Crippen molar-refractivity contribution in [1.29, 1.82) is 0 Å². The smallest absolute Gasteiger partial charge is 0.352 e. The van der Waals surface area contributed by atoms with Crippen molar-refractivity contribution in [2.24, 2.45) is 13.0 Å². The molecule has 1 N–H and O–H groups in total. The van der Waals surface area contributed by atoms with Gasteiger partial charge in [0.25, 0.3) is 0 Å². The van der Waals surface area contributed by atoms with E-state index >= 15 is 0 Å². The number of aromatic carboxylic acids is 1. The quantitative estimate of drug-likeness (QED) is 0.795. The Balaban J connectivity index is 2.26. The Bertz CT molecular complexity index is 427. The fraction of sp³-hybridized carbons (Fsp3) is 0.500. The van der Waals surface area contributed by atoms with E-state index in [1.165, 1.54) is 10.6 Å². The number of carbonyl (C=O) groups excluding carboxylic acids is 1. The molecule has 0 unspecified atom stereocenters. The number of rotatable bonds is 3. The van der Waals surface area contributed by atoms with Crippen LogP contribution in [-0.4, -0.2) is 21.4 Å². The normalized spacial score (nSPS) is 16.6. The molecule has 16 heavy (non-hydrogen) atoms. The molecule has 4 heteroatoms. The third-order valence-electron chi connectivity index (χ3n) is 3.32. The zero-order chi connectivity index (χ0) is 11.7. The molecular formula is C12H15NO3. The summed E-state index contributed by atoms with van der Waals surface area (Å²) in [5.74, 6) is -0.810. The SMILES string of the molecule is Cn1c(C(=O)O)ccc1C(=O)C1CCCC1. The van der Waals surface area contributed by atoms with Crippen molar-refractivity contribution in [3.63, 3.8) is 0 Å². The van der Waals surface area contributed by atoms with Crippen LogP contribution in [0, 0.1) is 5.92 Å². The summed E-state index contributed by atoms with van der Waals surface area (Å²) in [6.07, 6.45) is 4.08. The number of hydrogen-bond acceptors (Lipinski definition) is 2. The van der Waals surface area contributed by atoms with Crippen LogP contribution in [0.5, 0.6) is 0 Å². The highest BCUT2D eigenvalue weighted by molar-refractivity contribution is 5.98. The lowest BCUT2D eigenvalue weighted by molar-refractivity contribution is 0.0686. The minimum Gasteiger partial charge on any atom is -0.477 e. The summed E-state index contributed by atoms with van der Waals surface area (Å²) in [5, 5.41) is 8.89. The van der Waals surface area contributed by atoms with E-state index in [-0.39, 0.29) is 17.4 Å². The van der Waals surface area contributed by atoms with Crippen molar-refractivity contribution in [3.8, 4) is 0 Å². The second-order valence-corrected chi connectivity index (χ2v) is 4.31. The van der Waals surface area contributed by atoms with Gasteiger partial charge in [-0.25, -0.2) is 4.79 Å². The standard InChI is InChI=1S/C12H15NO3/c1-13-9(6-7-10(13)12(15)16)11(14)8-4-2-3-5-8/h6-8H,2-5H2,1H3,(H,15,16). The topological polar surface area (TPSA) is 59.3 Å². The molecule has 1 fully saturated rings. The average molecular weight is 221 g/mol. The average Bonchev–Trinajstić information content (AvgIpc) is 2.84. The maximum atomic E-state index is 12.1. The molecule has 0 radical (unpaired) electrons. The van der Waals surface area contributed by atoms with Crippen LogP contribution in [0.25, 0.3) is 0 Å². The lowest BCUT2D eigenvalue weighted by Crippen LogP contribution is -2.16. The van der Waals surface area contributed by atoms with E-state index in [1.807, 2.05) is 0 Å². The Kier molecular flexibility index (Phi) is 2.81. The predicted molar refractivity (Wildman–Crippen MR) is 58.7 cm³/mol. The molecule has 0 aliphatic heterocycles. The van der Waals surface area contributed by atoms with Crippen molar-refractivity contribution in [2.75, 3.05) is 0 Å². The molecule has 2 rings (SSSR count). The Morgan fingerprint density at radius 3 is 2.31 bits per heavy atom. The van der Waals surface area contributed by atoms with Crippen LogP contribution >= 0.6 is 0 Å². The summed E-state index contributed by atoms with van der Waals surface area (Å²) in [6.45, 7) is 0. The van der Waals surface area contributed by atoms with Gasteiger partial charge < -0.3 is 9.67 Å². The van der Waals surface area contributed by atoms with Crippen LogP contribution in [0.4, 0.5) is 0 Å². The number of carboxylic acids is 1. The van der Waals surface area contributed by atoms with Crippen LogP contribution in [-0.2, 0) is 7.05 Å². The van der Waals surface area contributed by atoms with Crippen molar-refractivity contribution in [2.45, 2.75) is 25.7 Å². The maximum Gasteiger partial charge on any atom is 0.352 e. The van der Waals surface area contributed by atoms with Crippen molar-refractivity contribution in [1.82, 2.24) is 4.57 Å². The molecule has 1 aliphatic rings. The molecule has 1 heterocycles. The van der Waals surface area contributed by atoms with E-state index in [0.29, 0.717) is 5.69 Å². The van der Waals surface area contributed by atoms with E-state index < -0.39 is 5.97 Å². The molecule has 1 aromatic rings. The van der Waals surface area contributed by atoms with Gasteiger partial charge in [-0.05, 0) is 25.0 Å². The Hall–Kier alpha value is -1.58. The summed E-state index contributed by atoms with van der Waals surface area (Å²) < 4.78 is 1.48. The maximum absolute atomic E-state index is 12.1. The fourth-order valence-corrected chi connectivity index (χ4v) is 2.37. The van der Waals surface area contributed by atoms with Gasteiger partial charge in [0.2, 0.25) is 0 Å². The summed E-state index contributed by atoms with van der Waals surface area (Å²) >= 11 is 0. The molecule has 0 atom stereocenters. The first-order valence-corrected chi connectivity index (χ1v) is 5.54. The third-order valence-corrected chi connectivity index (χ3v) is 3.32. The Labute approximate surface area is 93.9 Å². The monoisotopic (exact) mass is 221 g/mol. The van der Waals surface area contributed by atoms with Gasteiger partial charge in [0.1, 0.15) is 5.69 Å². The number of carbonyl (C=O) groups is 2. The molecule has 0 amide bonds. The summed E-state index contributed by atoms with van der Waals surface area (Å²) in [7, 11) is 1.63. The molecule has 0 bridgehead atoms. The number of Topliss-reactive ketones (excluding diaryl/α,β-unsaturated/α-hetero) is 1. The van der Waals surface area contributed by atoms with Gasteiger partial charge in [-0.1, -0.05) is 12.8 Å². The van der Waals surface area contributed by atoms with E-state index in [2.05, 4.69) is 0 Å². The van der Waals surface area contributed by atoms with E-state index in [9.17, 15) is 9.59 Å². The molecule has 0 spiro atoms. The van der Waals surface area contributed by atoms with Gasteiger partial charge in [0, 0.05) is 13.0 Å². The van der Waals surface area contributed by atoms with Crippen LogP contribution in [0.1, 0.15) is 46.7 Å². The van der Waals surface area contributed by atoms with Gasteiger partial charge in [-0.15, -0.1) is 0 Å². The summed E-state index contributed by atoms with van der Waals surface area (Å²) in [5.41, 5.74) is 0.686. The minimum absolute atomic E-state index is 0.0903. The molecule has 86 valence electrons. The van der Waals surface area contributed by atoms with Gasteiger partial charge >= 0.3 is 5.97 Å². The second-order valence-electron chi connectivity index (χ2n) is 4.31. The number of nitrogens with zero attached hydrogens (tertiary/aromatic N) is 1. The molecule has 0 aromatic carbocycles. The molecule has 1 aliphatic carbocycles. The van der Waals surface area contributed by atoms with E-state index in [1.54, 1.807) is 13.1 Å². The van der Waals surface area contributed by atoms with E-state index in [4.69, 9.17) is 5.11 Å². The lowest BCUT2D eigenvalue weighted by atomic mass is 10.0. The van der Waals surface area contributed by atoms with Gasteiger partial charge in [0.05, 0.1) is 5.69 Å². The molecule has 1 saturated carbocycles. The number of ketones is 1. The Morgan fingerprint density at radius 2 is 1.81 bits per heavy atom. The number of hydrogen-bond donors (Lipinski definition) is 1. The first-order valence-electron chi connectivity index (χ1n) is 5.54. The van der Waals surface area contributed by atoms with Crippen LogP contribution in [0.3, 0.4) is 0 Å². The molecular weight excluding hydrogens is 206 g/mol. The van der Waals surface area contributed by atoms with E-state index in [0.717, 1.165) is 25.7 Å².